The van der Waals surface area contributed by atoms with Crippen LogP contribution < -0.4 is 4.74 Å². The summed E-state index contributed by atoms with van der Waals surface area (Å²) in [5, 5.41) is 0. The van der Waals surface area contributed by atoms with Gasteiger partial charge in [-0.3, -0.25) is 9.78 Å². The smallest absolute Gasteiger partial charge is 0.187 e. The molecule has 0 saturated carbocycles. The number of benzene rings is 1. The van der Waals surface area contributed by atoms with E-state index in [0.717, 1.165) is 16.9 Å². The number of carbonyl (C=O) groups excluding carboxylic acids is 1. The first-order valence-electron chi connectivity index (χ1n) is 6.10. The van der Waals surface area contributed by atoms with Crippen LogP contribution >= 0.6 is 11.6 Å². The van der Waals surface area contributed by atoms with Gasteiger partial charge in [0.05, 0.1) is 13.0 Å². The Bertz CT molecular complexity index is 624. The van der Waals surface area contributed by atoms with Crippen molar-refractivity contribution in [1.29, 1.82) is 0 Å². The lowest BCUT2D eigenvalue weighted by atomic mass is 10.1. The van der Waals surface area contributed by atoms with Crippen molar-refractivity contribution >= 4 is 23.5 Å². The number of alkyl halides is 1. The second-order valence-electron chi connectivity index (χ2n) is 4.14. The number of carbonyl (C=O) groups is 1. The fraction of sp³-hybridized carbons (Fsp3) is 0.125. The average Bonchev–Trinajstić information content (AvgIpc) is 2.53. The van der Waals surface area contributed by atoms with E-state index in [-0.39, 0.29) is 5.78 Å². The Morgan fingerprint density at radius 3 is 2.90 bits per heavy atom. The maximum Gasteiger partial charge on any atom is 0.187 e. The van der Waals surface area contributed by atoms with Crippen molar-refractivity contribution in [3.63, 3.8) is 0 Å². The van der Waals surface area contributed by atoms with E-state index in [4.69, 9.17) is 16.3 Å². The predicted octanol–water partition coefficient (Wildman–Crippen LogP) is 3.73. The first-order valence-corrected chi connectivity index (χ1v) is 6.63. The highest BCUT2D eigenvalue weighted by atomic mass is 35.5. The van der Waals surface area contributed by atoms with Crippen LogP contribution in [0, 0.1) is 0 Å². The molecule has 1 aromatic heterocycles. The molecule has 2 aromatic rings. The van der Waals surface area contributed by atoms with E-state index in [2.05, 4.69) is 4.98 Å². The minimum absolute atomic E-state index is 0.0821. The molecule has 0 radical (unpaired) electrons. The number of pyridine rings is 1. The lowest BCUT2D eigenvalue weighted by Crippen LogP contribution is -1.94. The summed E-state index contributed by atoms with van der Waals surface area (Å²) in [6.45, 7) is 0. The molecule has 1 aromatic carbocycles. The van der Waals surface area contributed by atoms with Gasteiger partial charge < -0.3 is 4.74 Å². The van der Waals surface area contributed by atoms with E-state index in [1.807, 2.05) is 18.2 Å². The largest absolute Gasteiger partial charge is 0.496 e. The molecule has 1 heterocycles. The van der Waals surface area contributed by atoms with Gasteiger partial charge in [-0.05, 0) is 35.9 Å². The van der Waals surface area contributed by atoms with Crippen molar-refractivity contribution in [2.75, 3.05) is 7.11 Å². The molecule has 0 aliphatic rings. The van der Waals surface area contributed by atoms with Crippen LogP contribution in [0.2, 0.25) is 0 Å². The number of ether oxygens (including phenoxy) is 1. The van der Waals surface area contributed by atoms with E-state index in [1.165, 1.54) is 6.08 Å². The van der Waals surface area contributed by atoms with E-state index in [0.29, 0.717) is 11.4 Å². The highest BCUT2D eigenvalue weighted by Gasteiger charge is 2.03. The number of methoxy groups -OCH3 is 1. The minimum atomic E-state index is -0.0821. The molecule has 0 unspecified atom stereocenters. The number of nitrogens with zero attached hydrogens (tertiary/aromatic N) is 1. The molecule has 0 bridgehead atoms. The summed E-state index contributed by atoms with van der Waals surface area (Å²) >= 11 is 5.86. The van der Waals surface area contributed by atoms with E-state index < -0.39 is 0 Å². The van der Waals surface area contributed by atoms with Gasteiger partial charge in [-0.1, -0.05) is 12.1 Å². The van der Waals surface area contributed by atoms with Crippen molar-refractivity contribution in [1.82, 2.24) is 4.98 Å². The van der Waals surface area contributed by atoms with Gasteiger partial charge in [-0.2, -0.15) is 0 Å². The summed E-state index contributed by atoms with van der Waals surface area (Å²) in [5.41, 5.74) is 2.36. The lowest BCUT2D eigenvalue weighted by Gasteiger charge is -2.06. The molecule has 0 saturated heterocycles. The SMILES string of the molecule is COc1ccc(/C=C/C(=O)c2cccnc2)cc1CCl. The monoisotopic (exact) mass is 287 g/mol. The fourth-order valence-electron chi connectivity index (χ4n) is 1.78. The van der Waals surface area contributed by atoms with Gasteiger partial charge in [0.1, 0.15) is 5.75 Å². The van der Waals surface area contributed by atoms with Crippen molar-refractivity contribution in [2.45, 2.75) is 5.88 Å². The zero-order valence-corrected chi connectivity index (χ0v) is 11.8. The van der Waals surface area contributed by atoms with Gasteiger partial charge in [0.15, 0.2) is 5.78 Å². The molecule has 4 heteroatoms. The summed E-state index contributed by atoms with van der Waals surface area (Å²) < 4.78 is 5.20. The van der Waals surface area contributed by atoms with Crippen molar-refractivity contribution in [3.05, 3.63) is 65.5 Å². The number of ketones is 1. The molecule has 0 aliphatic heterocycles. The highest BCUT2D eigenvalue weighted by molar-refractivity contribution is 6.17. The van der Waals surface area contributed by atoms with Crippen LogP contribution in [-0.4, -0.2) is 17.9 Å². The summed E-state index contributed by atoms with van der Waals surface area (Å²) in [6.07, 6.45) is 6.46. The number of allylic oxidation sites excluding steroid dienone is 1. The number of rotatable bonds is 5. The van der Waals surface area contributed by atoms with E-state index in [1.54, 1.807) is 37.7 Å². The van der Waals surface area contributed by atoms with Crippen LogP contribution in [0.3, 0.4) is 0 Å². The maximum absolute atomic E-state index is 11.9. The quantitative estimate of drug-likeness (QED) is 0.478. The summed E-state index contributed by atoms with van der Waals surface area (Å²) in [5.74, 6) is 1.03. The fourth-order valence-corrected chi connectivity index (χ4v) is 1.99. The second-order valence-corrected chi connectivity index (χ2v) is 4.41. The molecule has 0 atom stereocenters. The van der Waals surface area contributed by atoms with E-state index >= 15 is 0 Å². The zero-order chi connectivity index (χ0) is 14.4. The Morgan fingerprint density at radius 2 is 2.25 bits per heavy atom. The lowest BCUT2D eigenvalue weighted by molar-refractivity contribution is 0.104. The van der Waals surface area contributed by atoms with Gasteiger partial charge in [-0.15, -0.1) is 11.6 Å². The van der Waals surface area contributed by atoms with Crippen LogP contribution in [0.4, 0.5) is 0 Å². The Labute approximate surface area is 122 Å². The molecule has 102 valence electrons. The van der Waals surface area contributed by atoms with Crippen molar-refractivity contribution < 1.29 is 9.53 Å². The average molecular weight is 288 g/mol. The standard InChI is InChI=1S/C16H14ClNO2/c1-20-16-7-5-12(9-14(16)10-17)4-6-15(19)13-3-2-8-18-11-13/h2-9,11H,10H2,1H3/b6-4+. The number of hydrogen-bond acceptors (Lipinski definition) is 3. The highest BCUT2D eigenvalue weighted by Crippen LogP contribution is 2.22. The van der Waals surface area contributed by atoms with E-state index in [9.17, 15) is 4.79 Å². The molecule has 0 spiro atoms. The Morgan fingerprint density at radius 1 is 1.40 bits per heavy atom. The Hall–Kier alpha value is -2.13. The minimum Gasteiger partial charge on any atom is -0.496 e. The summed E-state index contributed by atoms with van der Waals surface area (Å²) in [6, 6.07) is 9.09. The van der Waals surface area contributed by atoms with Gasteiger partial charge in [-0.25, -0.2) is 0 Å². The number of hydrogen-bond donors (Lipinski definition) is 0. The van der Waals surface area contributed by atoms with Crippen LogP contribution in [0.1, 0.15) is 21.5 Å². The van der Waals surface area contributed by atoms with Crippen LogP contribution in [-0.2, 0) is 5.88 Å². The third kappa shape index (κ3) is 3.45. The molecular formula is C16H14ClNO2. The van der Waals surface area contributed by atoms with Crippen LogP contribution in [0.25, 0.3) is 6.08 Å². The molecule has 0 aliphatic carbocycles. The third-order valence-electron chi connectivity index (χ3n) is 2.82. The first-order chi connectivity index (χ1) is 9.74. The predicted molar refractivity (Wildman–Crippen MR) is 80.2 cm³/mol. The van der Waals surface area contributed by atoms with Crippen LogP contribution in [0.15, 0.2) is 48.8 Å². The molecule has 0 fully saturated rings. The zero-order valence-electron chi connectivity index (χ0n) is 11.0. The number of aromatic nitrogens is 1. The van der Waals surface area contributed by atoms with Crippen molar-refractivity contribution in [3.8, 4) is 5.75 Å². The molecule has 20 heavy (non-hydrogen) atoms. The molecule has 0 amide bonds. The van der Waals surface area contributed by atoms with Gasteiger partial charge >= 0.3 is 0 Å². The molecule has 3 nitrogen and oxygen atoms in total. The molecule has 0 N–H and O–H groups in total. The van der Waals surface area contributed by atoms with Gasteiger partial charge in [0, 0.05) is 23.5 Å². The van der Waals surface area contributed by atoms with Gasteiger partial charge in [0.2, 0.25) is 0 Å². The maximum atomic E-state index is 11.9. The summed E-state index contributed by atoms with van der Waals surface area (Å²) in [7, 11) is 1.60. The second kappa shape index (κ2) is 6.87. The molecular weight excluding hydrogens is 274 g/mol. The van der Waals surface area contributed by atoms with Crippen molar-refractivity contribution in [2.24, 2.45) is 0 Å². The third-order valence-corrected chi connectivity index (χ3v) is 3.11. The normalized spacial score (nSPS) is 10.7. The Kier molecular flexibility index (Phi) is 4.91. The topological polar surface area (TPSA) is 39.2 Å². The molecule has 2 rings (SSSR count). The Balaban J connectivity index is 2.17. The van der Waals surface area contributed by atoms with Crippen LogP contribution in [0.5, 0.6) is 5.75 Å². The summed E-state index contributed by atoms with van der Waals surface area (Å²) in [4.78, 5) is 15.8. The number of halogens is 1. The van der Waals surface area contributed by atoms with Gasteiger partial charge in [0.25, 0.3) is 0 Å². The first kappa shape index (κ1) is 14.3.